The van der Waals surface area contributed by atoms with Crippen molar-refractivity contribution in [2.24, 2.45) is 0 Å². The van der Waals surface area contributed by atoms with Gasteiger partial charge in [-0.2, -0.15) is 0 Å². The molecule has 1 unspecified atom stereocenters. The average molecular weight is 184 g/mol. The zero-order valence-corrected chi connectivity index (χ0v) is 7.94. The van der Waals surface area contributed by atoms with Crippen molar-refractivity contribution >= 4 is 0 Å². The van der Waals surface area contributed by atoms with Gasteiger partial charge in [-0.05, 0) is 5.56 Å². The zero-order chi connectivity index (χ0) is 10.2. The normalized spacial score (nSPS) is 11.3. The van der Waals surface area contributed by atoms with Crippen molar-refractivity contribution in [1.82, 2.24) is 0 Å². The fourth-order valence-corrected chi connectivity index (χ4v) is 1.20. The lowest BCUT2D eigenvalue weighted by molar-refractivity contribution is 0.0820. The zero-order valence-electron chi connectivity index (χ0n) is 7.94. The molecule has 0 spiro atoms. The molecule has 1 atom stereocenters. The summed E-state index contributed by atoms with van der Waals surface area (Å²) in [5.41, 5.74) is 1.07. The van der Waals surface area contributed by atoms with Crippen LogP contribution in [0.15, 0.2) is 30.3 Å². The minimum absolute atomic E-state index is 0.0859. The highest BCUT2D eigenvalue weighted by Crippen LogP contribution is 2.19. The maximum atomic E-state index is 5.44. The summed E-state index contributed by atoms with van der Waals surface area (Å²) in [6, 6.07) is 9.84. The Kier molecular flexibility index (Phi) is 4.35. The minimum atomic E-state index is -0.0859. The van der Waals surface area contributed by atoms with Crippen LogP contribution in [0.2, 0.25) is 0 Å². The summed E-state index contributed by atoms with van der Waals surface area (Å²) in [6.07, 6.45) is 10.8. The van der Waals surface area contributed by atoms with Crippen LogP contribution in [-0.2, 0) is 4.74 Å². The lowest BCUT2D eigenvalue weighted by Crippen LogP contribution is -2.03. The van der Waals surface area contributed by atoms with Crippen molar-refractivity contribution in [3.8, 4) is 24.7 Å². The SMILES string of the molecule is C#CCOC(CC#C)c1ccccc1. The van der Waals surface area contributed by atoms with Crippen molar-refractivity contribution in [3.63, 3.8) is 0 Å². The van der Waals surface area contributed by atoms with E-state index in [0.717, 1.165) is 5.56 Å². The summed E-state index contributed by atoms with van der Waals surface area (Å²) in [6.45, 7) is 0.293. The maximum Gasteiger partial charge on any atom is 0.108 e. The van der Waals surface area contributed by atoms with Crippen LogP contribution in [0.5, 0.6) is 0 Å². The molecule has 14 heavy (non-hydrogen) atoms. The van der Waals surface area contributed by atoms with E-state index in [9.17, 15) is 0 Å². The molecule has 1 heteroatoms. The Bertz CT molecular complexity index is 340. The monoisotopic (exact) mass is 184 g/mol. The van der Waals surface area contributed by atoms with E-state index in [2.05, 4.69) is 11.8 Å². The minimum Gasteiger partial charge on any atom is -0.360 e. The summed E-state index contributed by atoms with van der Waals surface area (Å²) in [5.74, 6) is 5.02. The highest BCUT2D eigenvalue weighted by molar-refractivity contribution is 5.19. The first kappa shape index (κ1) is 10.4. The van der Waals surface area contributed by atoms with E-state index in [4.69, 9.17) is 17.6 Å². The number of hydrogen-bond acceptors (Lipinski definition) is 1. The molecule has 0 heterocycles. The van der Waals surface area contributed by atoms with Crippen molar-refractivity contribution in [2.75, 3.05) is 6.61 Å². The van der Waals surface area contributed by atoms with Crippen molar-refractivity contribution in [1.29, 1.82) is 0 Å². The molecule has 70 valence electrons. The van der Waals surface area contributed by atoms with Gasteiger partial charge in [0.05, 0.1) is 6.10 Å². The number of terminal acetylenes is 2. The van der Waals surface area contributed by atoms with E-state index in [1.807, 2.05) is 30.3 Å². The third-order valence-electron chi connectivity index (χ3n) is 1.84. The number of rotatable bonds is 4. The molecule has 0 aromatic heterocycles. The quantitative estimate of drug-likeness (QED) is 0.653. The summed E-state index contributed by atoms with van der Waals surface area (Å²) in [7, 11) is 0. The van der Waals surface area contributed by atoms with Gasteiger partial charge in [-0.25, -0.2) is 0 Å². The van der Waals surface area contributed by atoms with Crippen LogP contribution >= 0.6 is 0 Å². The van der Waals surface area contributed by atoms with E-state index >= 15 is 0 Å². The Hall–Kier alpha value is -1.70. The molecular weight excluding hydrogens is 172 g/mol. The third kappa shape index (κ3) is 2.98. The lowest BCUT2D eigenvalue weighted by Gasteiger charge is -2.13. The van der Waals surface area contributed by atoms with Crippen LogP contribution in [0.25, 0.3) is 0 Å². The summed E-state index contributed by atoms with van der Waals surface area (Å²) >= 11 is 0. The number of hydrogen-bond donors (Lipinski definition) is 0. The first-order valence-corrected chi connectivity index (χ1v) is 4.42. The Morgan fingerprint density at radius 2 is 1.86 bits per heavy atom. The maximum absolute atomic E-state index is 5.44. The highest BCUT2D eigenvalue weighted by atomic mass is 16.5. The van der Waals surface area contributed by atoms with E-state index in [0.29, 0.717) is 13.0 Å². The summed E-state index contributed by atoms with van der Waals surface area (Å²) in [4.78, 5) is 0. The highest BCUT2D eigenvalue weighted by Gasteiger charge is 2.08. The van der Waals surface area contributed by atoms with Crippen LogP contribution in [-0.4, -0.2) is 6.61 Å². The van der Waals surface area contributed by atoms with Crippen LogP contribution in [0.4, 0.5) is 0 Å². The second-order valence-electron chi connectivity index (χ2n) is 2.82. The smallest absolute Gasteiger partial charge is 0.108 e. The molecule has 0 saturated heterocycles. The standard InChI is InChI=1S/C13H12O/c1-3-8-13(14-11-4-2)12-9-6-5-7-10-12/h1-2,5-7,9-10,13H,8,11H2. The van der Waals surface area contributed by atoms with Gasteiger partial charge < -0.3 is 4.74 Å². The van der Waals surface area contributed by atoms with Crippen LogP contribution in [0, 0.1) is 24.7 Å². The molecule has 0 saturated carbocycles. The van der Waals surface area contributed by atoms with Gasteiger partial charge in [-0.1, -0.05) is 36.3 Å². The second kappa shape index (κ2) is 5.86. The molecule has 0 radical (unpaired) electrons. The van der Waals surface area contributed by atoms with Crippen LogP contribution < -0.4 is 0 Å². The molecule has 0 bridgehead atoms. The fourth-order valence-electron chi connectivity index (χ4n) is 1.20. The van der Waals surface area contributed by atoms with E-state index < -0.39 is 0 Å². The Balaban J connectivity index is 2.69. The van der Waals surface area contributed by atoms with Crippen LogP contribution in [0.1, 0.15) is 18.1 Å². The van der Waals surface area contributed by atoms with Gasteiger partial charge >= 0.3 is 0 Å². The van der Waals surface area contributed by atoms with Gasteiger partial charge in [0.15, 0.2) is 0 Å². The molecule has 1 aromatic carbocycles. The Morgan fingerprint density at radius 1 is 1.14 bits per heavy atom. The lowest BCUT2D eigenvalue weighted by atomic mass is 10.1. The van der Waals surface area contributed by atoms with Gasteiger partial charge in [-0.15, -0.1) is 18.8 Å². The van der Waals surface area contributed by atoms with Gasteiger partial charge in [0.1, 0.15) is 6.61 Å². The van der Waals surface area contributed by atoms with Gasteiger partial charge in [-0.3, -0.25) is 0 Å². The van der Waals surface area contributed by atoms with Gasteiger partial charge in [0.2, 0.25) is 0 Å². The third-order valence-corrected chi connectivity index (χ3v) is 1.84. The number of ether oxygens (including phenoxy) is 1. The first-order valence-electron chi connectivity index (χ1n) is 4.42. The molecule has 0 fully saturated rings. The molecular formula is C13H12O. The predicted octanol–water partition coefficient (Wildman–Crippen LogP) is 2.40. The van der Waals surface area contributed by atoms with Crippen LogP contribution in [0.3, 0.4) is 0 Å². The van der Waals surface area contributed by atoms with Gasteiger partial charge in [0, 0.05) is 6.42 Å². The molecule has 0 aliphatic carbocycles. The Morgan fingerprint density at radius 3 is 2.43 bits per heavy atom. The average Bonchev–Trinajstić information content (AvgIpc) is 2.25. The first-order chi connectivity index (χ1) is 6.88. The van der Waals surface area contributed by atoms with Crippen molar-refractivity contribution < 1.29 is 4.74 Å². The Labute approximate surface area is 85.1 Å². The van der Waals surface area contributed by atoms with E-state index in [-0.39, 0.29) is 6.10 Å². The molecule has 1 rings (SSSR count). The predicted molar refractivity (Wildman–Crippen MR) is 57.4 cm³/mol. The topological polar surface area (TPSA) is 9.23 Å². The number of benzene rings is 1. The van der Waals surface area contributed by atoms with E-state index in [1.54, 1.807) is 0 Å². The van der Waals surface area contributed by atoms with E-state index in [1.165, 1.54) is 0 Å². The van der Waals surface area contributed by atoms with Gasteiger partial charge in [0.25, 0.3) is 0 Å². The summed E-state index contributed by atoms with van der Waals surface area (Å²) < 4.78 is 5.44. The molecule has 0 aliphatic heterocycles. The summed E-state index contributed by atoms with van der Waals surface area (Å²) in [5, 5.41) is 0. The molecule has 1 nitrogen and oxygen atoms in total. The second-order valence-corrected chi connectivity index (χ2v) is 2.82. The van der Waals surface area contributed by atoms with Crippen molar-refractivity contribution in [3.05, 3.63) is 35.9 Å². The molecule has 1 aromatic rings. The molecule has 0 aliphatic rings. The van der Waals surface area contributed by atoms with Crippen molar-refractivity contribution in [2.45, 2.75) is 12.5 Å². The molecule has 0 N–H and O–H groups in total. The largest absolute Gasteiger partial charge is 0.360 e. The fraction of sp³-hybridized carbons (Fsp3) is 0.231. The molecule has 0 amide bonds.